The van der Waals surface area contributed by atoms with Gasteiger partial charge in [-0.1, -0.05) is 18.2 Å². The standard InChI is InChI=1S/C16H21N3O4S/c1-13(20)19-10-15(21)18(14-6-4-3-5-7-14)12-16(19)8-9-17(11-16)24(2,22)23/h3-7H,8-12H2,1-2H3/t16-/m1/s1. The molecule has 1 atom stereocenters. The number of sulfonamides is 1. The first-order valence-corrected chi connectivity index (χ1v) is 9.66. The molecule has 1 aromatic carbocycles. The van der Waals surface area contributed by atoms with Crippen molar-refractivity contribution in [2.45, 2.75) is 18.9 Å². The molecule has 0 N–H and O–H groups in total. The number of nitrogens with zero attached hydrogens (tertiary/aromatic N) is 3. The molecule has 2 saturated heterocycles. The molecule has 2 heterocycles. The van der Waals surface area contributed by atoms with Crippen molar-refractivity contribution >= 4 is 27.5 Å². The van der Waals surface area contributed by atoms with Crippen LogP contribution in [0.25, 0.3) is 0 Å². The number of anilines is 1. The van der Waals surface area contributed by atoms with Crippen molar-refractivity contribution in [2.24, 2.45) is 0 Å². The van der Waals surface area contributed by atoms with Crippen molar-refractivity contribution in [2.75, 3.05) is 37.3 Å². The van der Waals surface area contributed by atoms with Crippen LogP contribution in [-0.2, 0) is 19.6 Å². The third kappa shape index (κ3) is 2.91. The Labute approximate surface area is 141 Å². The highest BCUT2D eigenvalue weighted by Crippen LogP contribution is 2.35. The third-order valence-electron chi connectivity index (χ3n) is 4.83. The molecule has 2 aliphatic heterocycles. The summed E-state index contributed by atoms with van der Waals surface area (Å²) in [5.74, 6) is -0.355. The van der Waals surface area contributed by atoms with Gasteiger partial charge < -0.3 is 9.80 Å². The van der Waals surface area contributed by atoms with Gasteiger partial charge in [-0.25, -0.2) is 8.42 Å². The predicted octanol–water partition coefficient (Wildman–Crippen LogP) is 0.286. The molecule has 2 aliphatic rings. The number of piperazine rings is 1. The summed E-state index contributed by atoms with van der Waals surface area (Å²) in [6.07, 6.45) is 1.70. The lowest BCUT2D eigenvalue weighted by Gasteiger charge is -2.48. The fourth-order valence-electron chi connectivity index (χ4n) is 3.60. The summed E-state index contributed by atoms with van der Waals surface area (Å²) in [6.45, 7) is 2.29. The lowest BCUT2D eigenvalue weighted by molar-refractivity contribution is -0.142. The van der Waals surface area contributed by atoms with E-state index in [4.69, 9.17) is 0 Å². The first-order chi connectivity index (χ1) is 11.2. The van der Waals surface area contributed by atoms with Crippen LogP contribution in [0.2, 0.25) is 0 Å². The second kappa shape index (κ2) is 5.86. The largest absolute Gasteiger partial charge is 0.325 e. The molecule has 1 aromatic rings. The number of carbonyl (C=O) groups is 2. The summed E-state index contributed by atoms with van der Waals surface area (Å²) in [5, 5.41) is 0. The Morgan fingerprint density at radius 2 is 1.83 bits per heavy atom. The lowest BCUT2D eigenvalue weighted by Crippen LogP contribution is -2.67. The van der Waals surface area contributed by atoms with Crippen molar-refractivity contribution in [3.63, 3.8) is 0 Å². The number of amides is 2. The number of rotatable bonds is 2. The van der Waals surface area contributed by atoms with Crippen molar-refractivity contribution in [1.29, 1.82) is 0 Å². The van der Waals surface area contributed by atoms with Gasteiger partial charge in [-0.05, 0) is 18.6 Å². The normalized spacial score (nSPS) is 25.5. The molecule has 0 radical (unpaired) electrons. The maximum absolute atomic E-state index is 12.5. The third-order valence-corrected chi connectivity index (χ3v) is 6.08. The van der Waals surface area contributed by atoms with Crippen LogP contribution in [0.1, 0.15) is 13.3 Å². The Morgan fingerprint density at radius 3 is 2.38 bits per heavy atom. The zero-order chi connectivity index (χ0) is 17.5. The molecule has 0 unspecified atom stereocenters. The SMILES string of the molecule is CC(=O)N1CC(=O)N(c2ccccc2)C[C@]12CCN(S(C)(=O)=O)C2. The molecule has 0 aromatic heterocycles. The van der Waals surface area contributed by atoms with Crippen molar-refractivity contribution in [3.05, 3.63) is 30.3 Å². The van der Waals surface area contributed by atoms with Crippen LogP contribution >= 0.6 is 0 Å². The average molecular weight is 351 g/mol. The van der Waals surface area contributed by atoms with Gasteiger partial charge in [0, 0.05) is 25.7 Å². The van der Waals surface area contributed by atoms with Gasteiger partial charge in [0.25, 0.3) is 0 Å². The Morgan fingerprint density at radius 1 is 1.17 bits per heavy atom. The van der Waals surface area contributed by atoms with E-state index in [0.717, 1.165) is 5.69 Å². The van der Waals surface area contributed by atoms with Crippen LogP contribution < -0.4 is 4.90 Å². The fraction of sp³-hybridized carbons (Fsp3) is 0.500. The second-order valence-electron chi connectivity index (χ2n) is 6.49. The molecule has 7 nitrogen and oxygen atoms in total. The molecular weight excluding hydrogens is 330 g/mol. The maximum atomic E-state index is 12.5. The summed E-state index contributed by atoms with van der Waals surface area (Å²) < 4.78 is 25.2. The highest BCUT2D eigenvalue weighted by Gasteiger charge is 2.51. The van der Waals surface area contributed by atoms with E-state index in [1.54, 1.807) is 9.80 Å². The number of hydrogen-bond acceptors (Lipinski definition) is 4. The molecule has 24 heavy (non-hydrogen) atoms. The monoisotopic (exact) mass is 351 g/mol. The van der Waals surface area contributed by atoms with Gasteiger partial charge in [0.15, 0.2) is 0 Å². The number of benzene rings is 1. The van der Waals surface area contributed by atoms with Crippen LogP contribution in [0.5, 0.6) is 0 Å². The zero-order valence-corrected chi connectivity index (χ0v) is 14.6. The van der Waals surface area contributed by atoms with Gasteiger partial charge >= 0.3 is 0 Å². The molecule has 130 valence electrons. The molecule has 2 amide bonds. The van der Waals surface area contributed by atoms with Gasteiger partial charge in [0.2, 0.25) is 21.8 Å². The van der Waals surface area contributed by atoms with Gasteiger partial charge in [0.1, 0.15) is 6.54 Å². The molecule has 0 bridgehead atoms. The second-order valence-corrected chi connectivity index (χ2v) is 8.47. The van der Waals surface area contributed by atoms with Crippen molar-refractivity contribution in [3.8, 4) is 0 Å². The molecular formula is C16H21N3O4S. The van der Waals surface area contributed by atoms with Gasteiger partial charge in [0.05, 0.1) is 18.3 Å². The molecule has 8 heteroatoms. The van der Waals surface area contributed by atoms with E-state index in [0.29, 0.717) is 19.5 Å². The van der Waals surface area contributed by atoms with E-state index in [2.05, 4.69) is 0 Å². The van der Waals surface area contributed by atoms with Crippen LogP contribution in [0, 0.1) is 0 Å². The van der Waals surface area contributed by atoms with Gasteiger partial charge in [-0.3, -0.25) is 9.59 Å². The van der Waals surface area contributed by atoms with E-state index < -0.39 is 15.6 Å². The van der Waals surface area contributed by atoms with E-state index in [1.807, 2.05) is 30.3 Å². The van der Waals surface area contributed by atoms with Gasteiger partial charge in [-0.15, -0.1) is 0 Å². The number of hydrogen-bond donors (Lipinski definition) is 0. The Bertz CT molecular complexity index is 765. The van der Waals surface area contributed by atoms with Crippen LogP contribution in [0.15, 0.2) is 30.3 Å². The summed E-state index contributed by atoms with van der Waals surface area (Å²) in [7, 11) is -3.33. The first kappa shape index (κ1) is 16.9. The smallest absolute Gasteiger partial charge is 0.246 e. The predicted molar refractivity (Wildman–Crippen MR) is 89.9 cm³/mol. The zero-order valence-electron chi connectivity index (χ0n) is 13.8. The van der Waals surface area contributed by atoms with Crippen molar-refractivity contribution < 1.29 is 18.0 Å². The Kier molecular flexibility index (Phi) is 4.13. The Balaban J connectivity index is 1.96. The first-order valence-electron chi connectivity index (χ1n) is 7.82. The van der Waals surface area contributed by atoms with Crippen LogP contribution in [0.4, 0.5) is 5.69 Å². The summed E-state index contributed by atoms with van der Waals surface area (Å²) in [6, 6.07) is 9.27. The lowest BCUT2D eigenvalue weighted by atomic mass is 9.92. The van der Waals surface area contributed by atoms with Crippen LogP contribution in [0.3, 0.4) is 0 Å². The average Bonchev–Trinajstić information content (AvgIpc) is 2.95. The fourth-order valence-corrected chi connectivity index (χ4v) is 4.49. The maximum Gasteiger partial charge on any atom is 0.246 e. The molecule has 0 saturated carbocycles. The minimum atomic E-state index is -3.33. The van der Waals surface area contributed by atoms with E-state index in [-0.39, 0.29) is 24.9 Å². The summed E-state index contributed by atoms with van der Waals surface area (Å²) >= 11 is 0. The van der Waals surface area contributed by atoms with E-state index >= 15 is 0 Å². The van der Waals surface area contributed by atoms with Gasteiger partial charge in [-0.2, -0.15) is 4.31 Å². The molecule has 2 fully saturated rings. The van der Waals surface area contributed by atoms with Crippen LogP contribution in [-0.4, -0.2) is 67.4 Å². The van der Waals surface area contributed by atoms with E-state index in [1.165, 1.54) is 17.5 Å². The molecule has 3 rings (SSSR count). The topological polar surface area (TPSA) is 78.0 Å². The number of carbonyl (C=O) groups excluding carboxylic acids is 2. The Hall–Kier alpha value is -1.93. The summed E-state index contributed by atoms with van der Waals surface area (Å²) in [5.41, 5.74) is 0.0986. The quantitative estimate of drug-likeness (QED) is 0.767. The minimum absolute atomic E-state index is 0.0260. The molecule has 1 spiro atoms. The van der Waals surface area contributed by atoms with Crippen molar-refractivity contribution in [1.82, 2.24) is 9.21 Å². The van der Waals surface area contributed by atoms with E-state index in [9.17, 15) is 18.0 Å². The highest BCUT2D eigenvalue weighted by atomic mass is 32.2. The minimum Gasteiger partial charge on any atom is -0.325 e. The molecule has 0 aliphatic carbocycles. The summed E-state index contributed by atoms with van der Waals surface area (Å²) in [4.78, 5) is 27.8. The number of para-hydroxylation sites is 1. The highest BCUT2D eigenvalue weighted by molar-refractivity contribution is 7.88.